The van der Waals surface area contributed by atoms with Gasteiger partial charge in [0.15, 0.2) is 0 Å². The smallest absolute Gasteiger partial charge is 0.126 e. The van der Waals surface area contributed by atoms with Gasteiger partial charge in [-0.25, -0.2) is 0 Å². The van der Waals surface area contributed by atoms with Gasteiger partial charge in [0.05, 0.1) is 14.2 Å². The molecule has 0 saturated carbocycles. The van der Waals surface area contributed by atoms with Crippen molar-refractivity contribution in [3.63, 3.8) is 0 Å². The predicted molar refractivity (Wildman–Crippen MR) is 58.7 cm³/mol. The fraction of sp³-hybridized carbons (Fsp3) is 0.167. The molecule has 0 spiro atoms. The second-order valence-electron chi connectivity index (χ2n) is 3.20. The molecule has 0 unspecified atom stereocenters. The molecule has 78 valence electrons. The van der Waals surface area contributed by atoms with E-state index < -0.39 is 0 Å². The topological polar surface area (TPSA) is 38.7 Å². The maximum atomic E-state index is 9.70. The average molecular weight is 204 g/mol. The molecule has 3 nitrogen and oxygen atoms in total. The van der Waals surface area contributed by atoms with Crippen molar-refractivity contribution in [1.82, 2.24) is 0 Å². The van der Waals surface area contributed by atoms with E-state index in [1.54, 1.807) is 32.4 Å². The zero-order valence-corrected chi connectivity index (χ0v) is 8.65. The number of methoxy groups -OCH3 is 2. The summed E-state index contributed by atoms with van der Waals surface area (Å²) >= 11 is 0. The van der Waals surface area contributed by atoms with Gasteiger partial charge in [-0.15, -0.1) is 0 Å². The zero-order valence-electron chi connectivity index (χ0n) is 8.65. The minimum Gasteiger partial charge on any atom is -0.507 e. The third kappa shape index (κ3) is 1.56. The number of fused-ring (bicyclic) bond motifs is 1. The van der Waals surface area contributed by atoms with Crippen LogP contribution in [0.5, 0.6) is 17.2 Å². The minimum atomic E-state index is 0.227. The number of aromatic hydroxyl groups is 1. The lowest BCUT2D eigenvalue weighted by molar-refractivity contribution is 0.413. The molecule has 2 aromatic carbocycles. The van der Waals surface area contributed by atoms with E-state index in [0.29, 0.717) is 5.75 Å². The highest BCUT2D eigenvalue weighted by atomic mass is 16.5. The van der Waals surface area contributed by atoms with Crippen molar-refractivity contribution in [2.75, 3.05) is 14.2 Å². The Kier molecular flexibility index (Phi) is 2.37. The lowest BCUT2D eigenvalue weighted by Crippen LogP contribution is -1.87. The van der Waals surface area contributed by atoms with E-state index in [9.17, 15) is 5.11 Å². The molecular formula is C12H12O3. The van der Waals surface area contributed by atoms with Crippen LogP contribution < -0.4 is 9.47 Å². The number of hydrogen-bond acceptors (Lipinski definition) is 3. The Bertz CT molecular complexity index is 491. The monoisotopic (exact) mass is 204 g/mol. The highest BCUT2D eigenvalue weighted by Gasteiger charge is 2.06. The Morgan fingerprint density at radius 3 is 2.40 bits per heavy atom. The van der Waals surface area contributed by atoms with Gasteiger partial charge in [-0.2, -0.15) is 0 Å². The van der Waals surface area contributed by atoms with E-state index in [0.717, 1.165) is 16.5 Å². The quantitative estimate of drug-likeness (QED) is 0.817. The number of rotatable bonds is 2. The van der Waals surface area contributed by atoms with E-state index in [2.05, 4.69) is 0 Å². The molecular weight excluding hydrogens is 192 g/mol. The van der Waals surface area contributed by atoms with E-state index in [4.69, 9.17) is 9.47 Å². The summed E-state index contributed by atoms with van der Waals surface area (Å²) in [5.41, 5.74) is 0. The van der Waals surface area contributed by atoms with Crippen molar-refractivity contribution >= 4 is 10.8 Å². The fourth-order valence-corrected chi connectivity index (χ4v) is 1.59. The summed E-state index contributed by atoms with van der Waals surface area (Å²) in [6.07, 6.45) is 0. The first-order chi connectivity index (χ1) is 7.26. The molecule has 3 heteroatoms. The third-order valence-corrected chi connectivity index (χ3v) is 2.38. The van der Waals surface area contributed by atoms with Gasteiger partial charge in [-0.05, 0) is 30.3 Å². The molecule has 0 radical (unpaired) electrons. The van der Waals surface area contributed by atoms with Crippen LogP contribution in [0.25, 0.3) is 10.8 Å². The van der Waals surface area contributed by atoms with Crippen LogP contribution in [0.1, 0.15) is 0 Å². The van der Waals surface area contributed by atoms with Crippen molar-refractivity contribution in [3.8, 4) is 17.2 Å². The fourth-order valence-electron chi connectivity index (χ4n) is 1.59. The molecule has 0 fully saturated rings. The minimum absolute atomic E-state index is 0.227. The summed E-state index contributed by atoms with van der Waals surface area (Å²) in [6.45, 7) is 0. The summed E-state index contributed by atoms with van der Waals surface area (Å²) in [7, 11) is 3.20. The van der Waals surface area contributed by atoms with Gasteiger partial charge >= 0.3 is 0 Å². The molecule has 2 rings (SSSR count). The molecule has 0 bridgehead atoms. The first-order valence-corrected chi connectivity index (χ1v) is 4.60. The number of ether oxygens (including phenoxy) is 2. The van der Waals surface area contributed by atoms with E-state index in [1.165, 1.54) is 0 Å². The lowest BCUT2D eigenvalue weighted by Gasteiger charge is -2.08. The Morgan fingerprint density at radius 2 is 1.73 bits per heavy atom. The Morgan fingerprint density at radius 1 is 0.933 bits per heavy atom. The summed E-state index contributed by atoms with van der Waals surface area (Å²) < 4.78 is 10.3. The van der Waals surface area contributed by atoms with Crippen LogP contribution in [0.15, 0.2) is 30.3 Å². The summed E-state index contributed by atoms with van der Waals surface area (Å²) in [5.74, 6) is 1.68. The molecule has 0 heterocycles. The van der Waals surface area contributed by atoms with E-state index in [-0.39, 0.29) is 5.75 Å². The second kappa shape index (κ2) is 3.69. The van der Waals surface area contributed by atoms with Crippen molar-refractivity contribution in [2.45, 2.75) is 0 Å². The van der Waals surface area contributed by atoms with E-state index >= 15 is 0 Å². The summed E-state index contributed by atoms with van der Waals surface area (Å²) in [6, 6.07) is 8.84. The van der Waals surface area contributed by atoms with Crippen LogP contribution in [0.2, 0.25) is 0 Å². The van der Waals surface area contributed by atoms with Gasteiger partial charge in [0.25, 0.3) is 0 Å². The van der Waals surface area contributed by atoms with Gasteiger partial charge in [0.1, 0.15) is 17.2 Å². The van der Waals surface area contributed by atoms with Crippen LogP contribution in [0.4, 0.5) is 0 Å². The Labute approximate surface area is 87.9 Å². The molecule has 0 saturated heterocycles. The van der Waals surface area contributed by atoms with Gasteiger partial charge in [0, 0.05) is 10.8 Å². The number of benzene rings is 2. The largest absolute Gasteiger partial charge is 0.507 e. The van der Waals surface area contributed by atoms with Crippen molar-refractivity contribution in [2.24, 2.45) is 0 Å². The van der Waals surface area contributed by atoms with Crippen LogP contribution in [0, 0.1) is 0 Å². The standard InChI is InChI=1S/C12H12O3/c1-14-8-3-4-9-10(7-8)11(13)5-6-12(9)15-2/h3-7,13H,1-2H3. The maximum Gasteiger partial charge on any atom is 0.126 e. The predicted octanol–water partition coefficient (Wildman–Crippen LogP) is 2.56. The molecule has 15 heavy (non-hydrogen) atoms. The molecule has 0 aliphatic carbocycles. The van der Waals surface area contributed by atoms with Gasteiger partial charge in [-0.1, -0.05) is 0 Å². The zero-order chi connectivity index (χ0) is 10.8. The first-order valence-electron chi connectivity index (χ1n) is 4.60. The van der Waals surface area contributed by atoms with Crippen LogP contribution >= 0.6 is 0 Å². The Balaban J connectivity index is 2.75. The highest BCUT2D eigenvalue weighted by Crippen LogP contribution is 2.34. The molecule has 0 aliphatic heterocycles. The molecule has 0 amide bonds. The average Bonchev–Trinajstić information content (AvgIpc) is 2.29. The van der Waals surface area contributed by atoms with Crippen LogP contribution in [0.3, 0.4) is 0 Å². The third-order valence-electron chi connectivity index (χ3n) is 2.38. The summed E-state index contributed by atoms with van der Waals surface area (Å²) in [4.78, 5) is 0. The van der Waals surface area contributed by atoms with Crippen LogP contribution in [-0.4, -0.2) is 19.3 Å². The highest BCUT2D eigenvalue weighted by molar-refractivity contribution is 5.94. The molecule has 0 aromatic heterocycles. The molecule has 0 atom stereocenters. The molecule has 1 N–H and O–H groups in total. The number of phenolic OH excluding ortho intramolecular Hbond substituents is 1. The van der Waals surface area contributed by atoms with Crippen molar-refractivity contribution in [3.05, 3.63) is 30.3 Å². The Hall–Kier alpha value is -1.90. The number of hydrogen-bond donors (Lipinski definition) is 1. The van der Waals surface area contributed by atoms with Gasteiger partial charge < -0.3 is 14.6 Å². The first kappa shape index (κ1) is 9.65. The second-order valence-corrected chi connectivity index (χ2v) is 3.20. The molecule has 0 aliphatic rings. The molecule has 2 aromatic rings. The van der Waals surface area contributed by atoms with Gasteiger partial charge in [0.2, 0.25) is 0 Å². The maximum absolute atomic E-state index is 9.70. The number of phenols is 1. The summed E-state index contributed by atoms with van der Waals surface area (Å²) in [5, 5.41) is 11.3. The van der Waals surface area contributed by atoms with Crippen molar-refractivity contribution in [1.29, 1.82) is 0 Å². The lowest BCUT2D eigenvalue weighted by atomic mass is 10.1. The van der Waals surface area contributed by atoms with Crippen LogP contribution in [-0.2, 0) is 0 Å². The van der Waals surface area contributed by atoms with Gasteiger partial charge in [-0.3, -0.25) is 0 Å². The van der Waals surface area contributed by atoms with E-state index in [1.807, 2.05) is 12.1 Å². The van der Waals surface area contributed by atoms with Crippen molar-refractivity contribution < 1.29 is 14.6 Å². The SMILES string of the molecule is COc1ccc2c(OC)ccc(O)c2c1. The normalized spacial score (nSPS) is 10.3.